The average molecular weight is 265 g/mol. The lowest BCUT2D eigenvalue weighted by atomic mass is 10.1. The van der Waals surface area contributed by atoms with Gasteiger partial charge in [0.05, 0.1) is 4.92 Å². The Morgan fingerprint density at radius 1 is 1.37 bits per heavy atom. The van der Waals surface area contributed by atoms with Crippen molar-refractivity contribution in [2.75, 3.05) is 0 Å². The molecule has 2 amide bonds. The molecule has 1 atom stereocenters. The molecule has 0 fully saturated rings. The first-order chi connectivity index (χ1) is 8.90. The van der Waals surface area contributed by atoms with Crippen LogP contribution < -0.4 is 11.1 Å². The Balaban J connectivity index is 2.58. The van der Waals surface area contributed by atoms with Gasteiger partial charge in [0.25, 0.3) is 11.6 Å². The van der Waals surface area contributed by atoms with E-state index >= 15 is 0 Å². The minimum Gasteiger partial charge on any atom is -0.370 e. The van der Waals surface area contributed by atoms with E-state index in [1.165, 1.54) is 24.3 Å². The van der Waals surface area contributed by atoms with Gasteiger partial charge in [-0.15, -0.1) is 0 Å². The predicted octanol–water partition coefficient (Wildman–Crippen LogP) is 0.979. The first kappa shape index (κ1) is 14.6. The van der Waals surface area contributed by atoms with Gasteiger partial charge in [-0.25, -0.2) is 0 Å². The Hall–Kier alpha value is -2.44. The van der Waals surface area contributed by atoms with Crippen LogP contribution in [0.15, 0.2) is 24.3 Å². The lowest BCUT2D eigenvalue weighted by Gasteiger charge is -2.12. The highest BCUT2D eigenvalue weighted by Crippen LogP contribution is 2.12. The number of nitro benzene ring substituents is 1. The van der Waals surface area contributed by atoms with Gasteiger partial charge >= 0.3 is 0 Å². The monoisotopic (exact) mass is 265 g/mol. The summed E-state index contributed by atoms with van der Waals surface area (Å²) in [6, 6.07) is 5.10. The third-order valence-electron chi connectivity index (χ3n) is 2.54. The molecule has 0 radical (unpaired) electrons. The molecular weight excluding hydrogens is 250 g/mol. The van der Waals surface area contributed by atoms with E-state index in [0.717, 1.165) is 0 Å². The molecule has 0 saturated heterocycles. The minimum absolute atomic E-state index is 0.0710. The van der Waals surface area contributed by atoms with Crippen LogP contribution in [0, 0.1) is 10.1 Å². The highest BCUT2D eigenvalue weighted by Gasteiger charge is 2.12. The molecule has 102 valence electrons. The Morgan fingerprint density at radius 3 is 2.42 bits per heavy atom. The van der Waals surface area contributed by atoms with Crippen LogP contribution >= 0.6 is 0 Å². The number of hydrogen-bond donors (Lipinski definition) is 2. The number of nitro groups is 1. The normalized spacial score (nSPS) is 11.6. The second kappa shape index (κ2) is 6.48. The van der Waals surface area contributed by atoms with Crippen molar-refractivity contribution in [3.05, 3.63) is 39.9 Å². The lowest BCUT2D eigenvalue weighted by Crippen LogP contribution is -2.33. The summed E-state index contributed by atoms with van der Waals surface area (Å²) in [5, 5.41) is 13.2. The van der Waals surface area contributed by atoms with Gasteiger partial charge < -0.3 is 11.1 Å². The summed E-state index contributed by atoms with van der Waals surface area (Å²) in [7, 11) is 0. The van der Waals surface area contributed by atoms with E-state index < -0.39 is 10.8 Å². The minimum atomic E-state index is -0.531. The summed E-state index contributed by atoms with van der Waals surface area (Å²) in [6.45, 7) is 1.76. The van der Waals surface area contributed by atoms with Crippen molar-refractivity contribution in [3.63, 3.8) is 0 Å². The Bertz CT molecular complexity index is 484. The third-order valence-corrected chi connectivity index (χ3v) is 2.54. The predicted molar refractivity (Wildman–Crippen MR) is 68.5 cm³/mol. The summed E-state index contributed by atoms with van der Waals surface area (Å²) < 4.78 is 0. The fourth-order valence-corrected chi connectivity index (χ4v) is 1.47. The van der Waals surface area contributed by atoms with Crippen LogP contribution in [0.2, 0.25) is 0 Å². The Labute approximate surface area is 109 Å². The smallest absolute Gasteiger partial charge is 0.269 e. The summed E-state index contributed by atoms with van der Waals surface area (Å²) in [6.07, 6.45) is 0.649. The molecule has 1 aromatic carbocycles. The maximum absolute atomic E-state index is 11.8. The molecule has 3 N–H and O–H groups in total. The SMILES string of the molecule is C[C@@H](CCC(N)=O)NC(=O)c1ccc([N+](=O)[O-])cc1. The maximum Gasteiger partial charge on any atom is 0.269 e. The van der Waals surface area contributed by atoms with Gasteiger partial charge in [-0.2, -0.15) is 0 Å². The van der Waals surface area contributed by atoms with Crippen molar-refractivity contribution in [2.45, 2.75) is 25.8 Å². The maximum atomic E-state index is 11.8. The Morgan fingerprint density at radius 2 is 1.95 bits per heavy atom. The molecule has 0 aliphatic carbocycles. The Kier molecular flexibility index (Phi) is 4.99. The van der Waals surface area contributed by atoms with Crippen LogP contribution in [0.4, 0.5) is 5.69 Å². The van der Waals surface area contributed by atoms with Crippen LogP contribution in [0.1, 0.15) is 30.1 Å². The van der Waals surface area contributed by atoms with Gasteiger partial charge in [0, 0.05) is 30.2 Å². The van der Waals surface area contributed by atoms with E-state index in [9.17, 15) is 19.7 Å². The van der Waals surface area contributed by atoms with Crippen molar-refractivity contribution < 1.29 is 14.5 Å². The van der Waals surface area contributed by atoms with Gasteiger partial charge in [0.1, 0.15) is 0 Å². The standard InChI is InChI=1S/C12H15N3O4/c1-8(2-7-11(13)16)14-12(17)9-3-5-10(6-4-9)15(18)19/h3-6,8H,2,7H2,1H3,(H2,13,16)(H,14,17)/t8-/m0/s1. The zero-order valence-electron chi connectivity index (χ0n) is 10.5. The number of primary amides is 1. The van der Waals surface area contributed by atoms with E-state index in [-0.39, 0.29) is 24.1 Å². The van der Waals surface area contributed by atoms with Crippen LogP contribution in [0.5, 0.6) is 0 Å². The fraction of sp³-hybridized carbons (Fsp3) is 0.333. The molecule has 7 nitrogen and oxygen atoms in total. The number of nitrogens with one attached hydrogen (secondary N) is 1. The topological polar surface area (TPSA) is 115 Å². The highest BCUT2D eigenvalue weighted by molar-refractivity contribution is 5.94. The number of amides is 2. The van der Waals surface area contributed by atoms with Gasteiger partial charge in [-0.1, -0.05) is 0 Å². The van der Waals surface area contributed by atoms with Crippen LogP contribution in [-0.4, -0.2) is 22.8 Å². The van der Waals surface area contributed by atoms with Crippen LogP contribution in [-0.2, 0) is 4.79 Å². The first-order valence-corrected chi connectivity index (χ1v) is 5.73. The molecule has 1 rings (SSSR count). The molecular formula is C12H15N3O4. The van der Waals surface area contributed by atoms with Crippen molar-refractivity contribution >= 4 is 17.5 Å². The van der Waals surface area contributed by atoms with Gasteiger partial charge in [0.15, 0.2) is 0 Å². The zero-order chi connectivity index (χ0) is 14.4. The molecule has 0 aromatic heterocycles. The molecule has 1 aromatic rings. The van der Waals surface area contributed by atoms with Crippen LogP contribution in [0.25, 0.3) is 0 Å². The molecule has 0 saturated carbocycles. The third kappa shape index (κ3) is 4.74. The summed E-state index contributed by atoms with van der Waals surface area (Å²) >= 11 is 0. The largest absolute Gasteiger partial charge is 0.370 e. The summed E-state index contributed by atoms with van der Waals surface area (Å²) in [4.78, 5) is 32.3. The second-order valence-electron chi connectivity index (χ2n) is 4.18. The van der Waals surface area contributed by atoms with Crippen molar-refractivity contribution in [1.82, 2.24) is 5.32 Å². The lowest BCUT2D eigenvalue weighted by molar-refractivity contribution is -0.384. The van der Waals surface area contributed by atoms with E-state index in [1.807, 2.05) is 0 Å². The number of nitrogens with zero attached hydrogens (tertiary/aromatic N) is 1. The number of carbonyl (C=O) groups excluding carboxylic acids is 2. The number of carbonyl (C=O) groups is 2. The van der Waals surface area contributed by atoms with Gasteiger partial charge in [0.2, 0.25) is 5.91 Å². The number of nitrogens with two attached hydrogens (primary N) is 1. The van der Waals surface area contributed by atoms with Crippen molar-refractivity contribution in [3.8, 4) is 0 Å². The molecule has 19 heavy (non-hydrogen) atoms. The van der Waals surface area contributed by atoms with E-state index in [2.05, 4.69) is 5.32 Å². The van der Waals surface area contributed by atoms with Gasteiger partial charge in [-0.05, 0) is 25.5 Å². The molecule has 0 aliphatic heterocycles. The number of hydrogen-bond acceptors (Lipinski definition) is 4. The number of non-ortho nitro benzene ring substituents is 1. The van der Waals surface area contributed by atoms with Crippen LogP contribution in [0.3, 0.4) is 0 Å². The molecule has 0 unspecified atom stereocenters. The van der Waals surface area contributed by atoms with Crippen molar-refractivity contribution in [1.29, 1.82) is 0 Å². The average Bonchev–Trinajstić information content (AvgIpc) is 2.36. The number of benzene rings is 1. The van der Waals surface area contributed by atoms with E-state index in [0.29, 0.717) is 12.0 Å². The highest BCUT2D eigenvalue weighted by atomic mass is 16.6. The molecule has 0 spiro atoms. The fourth-order valence-electron chi connectivity index (χ4n) is 1.47. The van der Waals surface area contributed by atoms with Crippen molar-refractivity contribution in [2.24, 2.45) is 5.73 Å². The summed E-state index contributed by atoms with van der Waals surface area (Å²) in [5.41, 5.74) is 5.27. The molecule has 0 bridgehead atoms. The zero-order valence-corrected chi connectivity index (χ0v) is 10.5. The molecule has 7 heteroatoms. The first-order valence-electron chi connectivity index (χ1n) is 5.73. The molecule has 0 aliphatic rings. The molecule has 0 heterocycles. The van der Waals surface area contributed by atoms with E-state index in [1.54, 1.807) is 6.92 Å². The quantitative estimate of drug-likeness (QED) is 0.589. The number of rotatable bonds is 6. The van der Waals surface area contributed by atoms with Gasteiger partial charge in [-0.3, -0.25) is 19.7 Å². The second-order valence-corrected chi connectivity index (χ2v) is 4.18. The summed E-state index contributed by atoms with van der Waals surface area (Å²) in [5.74, 6) is -0.761. The van der Waals surface area contributed by atoms with E-state index in [4.69, 9.17) is 5.73 Å².